The summed E-state index contributed by atoms with van der Waals surface area (Å²) >= 11 is 1.88. The minimum Gasteiger partial charge on any atom is -0.298 e. The van der Waals surface area contributed by atoms with Gasteiger partial charge in [0.05, 0.1) is 0 Å². The summed E-state index contributed by atoms with van der Waals surface area (Å²) < 4.78 is 0. The molecule has 0 spiro atoms. The standard InChI is InChI=1S/C13H18OS/c1-10(2)6-7-15-13-5-4-12(9-14)8-11(13)3/h4-5,8-10H,6-7H2,1-3H3. The van der Waals surface area contributed by atoms with Gasteiger partial charge in [-0.3, -0.25) is 4.79 Å². The summed E-state index contributed by atoms with van der Waals surface area (Å²) in [6.45, 7) is 6.54. The Morgan fingerprint density at radius 1 is 1.40 bits per heavy atom. The fraction of sp³-hybridized carbons (Fsp3) is 0.462. The van der Waals surface area contributed by atoms with Gasteiger partial charge in [0.2, 0.25) is 0 Å². The highest BCUT2D eigenvalue weighted by molar-refractivity contribution is 7.99. The van der Waals surface area contributed by atoms with E-state index in [0.717, 1.165) is 23.5 Å². The molecule has 1 nitrogen and oxygen atoms in total. The molecular formula is C13H18OS. The number of hydrogen-bond acceptors (Lipinski definition) is 2. The molecule has 0 radical (unpaired) electrons. The fourth-order valence-electron chi connectivity index (χ4n) is 1.31. The fourth-order valence-corrected chi connectivity index (χ4v) is 2.57. The van der Waals surface area contributed by atoms with Crippen molar-refractivity contribution in [3.8, 4) is 0 Å². The van der Waals surface area contributed by atoms with Crippen LogP contribution in [0.3, 0.4) is 0 Å². The lowest BCUT2D eigenvalue weighted by Crippen LogP contribution is -1.91. The number of carbonyl (C=O) groups excluding carboxylic acids is 1. The summed E-state index contributed by atoms with van der Waals surface area (Å²) in [4.78, 5) is 11.9. The van der Waals surface area contributed by atoms with Crippen LogP contribution in [0, 0.1) is 12.8 Å². The van der Waals surface area contributed by atoms with Crippen LogP contribution < -0.4 is 0 Å². The molecule has 0 amide bonds. The summed E-state index contributed by atoms with van der Waals surface area (Å²) in [6, 6.07) is 5.88. The smallest absolute Gasteiger partial charge is 0.150 e. The molecule has 1 aromatic carbocycles. The van der Waals surface area contributed by atoms with Crippen LogP contribution in [-0.4, -0.2) is 12.0 Å². The number of benzene rings is 1. The SMILES string of the molecule is Cc1cc(C=O)ccc1SCCC(C)C. The van der Waals surface area contributed by atoms with Gasteiger partial charge >= 0.3 is 0 Å². The summed E-state index contributed by atoms with van der Waals surface area (Å²) in [6.07, 6.45) is 2.13. The summed E-state index contributed by atoms with van der Waals surface area (Å²) in [5.74, 6) is 1.91. The quantitative estimate of drug-likeness (QED) is 0.554. The average molecular weight is 222 g/mol. The molecule has 82 valence electrons. The van der Waals surface area contributed by atoms with Gasteiger partial charge < -0.3 is 0 Å². The van der Waals surface area contributed by atoms with E-state index in [2.05, 4.69) is 20.8 Å². The molecule has 0 atom stereocenters. The van der Waals surface area contributed by atoms with Crippen LogP contribution in [0.2, 0.25) is 0 Å². The number of aldehydes is 1. The van der Waals surface area contributed by atoms with Gasteiger partial charge in [-0.15, -0.1) is 11.8 Å². The van der Waals surface area contributed by atoms with Crippen molar-refractivity contribution in [1.29, 1.82) is 0 Å². The second kappa shape index (κ2) is 5.96. The minimum absolute atomic E-state index is 0.757. The van der Waals surface area contributed by atoms with Gasteiger partial charge in [0, 0.05) is 10.5 Å². The molecule has 0 aliphatic carbocycles. The lowest BCUT2D eigenvalue weighted by atomic mass is 10.1. The van der Waals surface area contributed by atoms with Crippen molar-refractivity contribution in [3.63, 3.8) is 0 Å². The Bertz CT molecular complexity index is 331. The van der Waals surface area contributed by atoms with Gasteiger partial charge in [0.25, 0.3) is 0 Å². The Hall–Kier alpha value is -0.760. The normalized spacial score (nSPS) is 10.7. The molecule has 0 saturated carbocycles. The first-order valence-electron chi connectivity index (χ1n) is 5.32. The third kappa shape index (κ3) is 4.08. The number of carbonyl (C=O) groups is 1. The third-order valence-electron chi connectivity index (χ3n) is 2.29. The van der Waals surface area contributed by atoms with Crippen molar-refractivity contribution in [3.05, 3.63) is 29.3 Å². The molecule has 1 aromatic rings. The van der Waals surface area contributed by atoms with E-state index in [0.29, 0.717) is 0 Å². The molecule has 1 rings (SSSR count). The van der Waals surface area contributed by atoms with E-state index in [4.69, 9.17) is 0 Å². The van der Waals surface area contributed by atoms with Crippen LogP contribution >= 0.6 is 11.8 Å². The number of rotatable bonds is 5. The van der Waals surface area contributed by atoms with Crippen LogP contribution in [-0.2, 0) is 0 Å². The van der Waals surface area contributed by atoms with Gasteiger partial charge in [0.1, 0.15) is 6.29 Å². The Morgan fingerprint density at radius 3 is 2.67 bits per heavy atom. The van der Waals surface area contributed by atoms with Gasteiger partial charge in [-0.25, -0.2) is 0 Å². The molecule has 0 aliphatic heterocycles. The van der Waals surface area contributed by atoms with Crippen molar-refractivity contribution in [2.45, 2.75) is 32.1 Å². The molecule has 2 heteroatoms. The first-order valence-corrected chi connectivity index (χ1v) is 6.30. The van der Waals surface area contributed by atoms with Crippen LogP contribution in [0.1, 0.15) is 36.2 Å². The highest BCUT2D eigenvalue weighted by Crippen LogP contribution is 2.24. The van der Waals surface area contributed by atoms with Crippen molar-refractivity contribution >= 4 is 18.0 Å². The van der Waals surface area contributed by atoms with E-state index in [1.807, 2.05) is 30.0 Å². The molecular weight excluding hydrogens is 204 g/mol. The molecule has 0 unspecified atom stereocenters. The number of hydrogen-bond donors (Lipinski definition) is 0. The van der Waals surface area contributed by atoms with E-state index in [1.54, 1.807) is 0 Å². The van der Waals surface area contributed by atoms with Crippen molar-refractivity contribution in [2.24, 2.45) is 5.92 Å². The largest absolute Gasteiger partial charge is 0.298 e. The molecule has 15 heavy (non-hydrogen) atoms. The Balaban J connectivity index is 2.58. The van der Waals surface area contributed by atoms with Crippen molar-refractivity contribution in [2.75, 3.05) is 5.75 Å². The summed E-state index contributed by atoms with van der Waals surface area (Å²) in [5, 5.41) is 0. The molecule has 0 N–H and O–H groups in total. The first kappa shape index (κ1) is 12.3. The Labute approximate surface area is 96.3 Å². The zero-order chi connectivity index (χ0) is 11.3. The van der Waals surface area contributed by atoms with E-state index in [-0.39, 0.29) is 0 Å². The van der Waals surface area contributed by atoms with Crippen LogP contribution in [0.5, 0.6) is 0 Å². The van der Waals surface area contributed by atoms with Crippen molar-refractivity contribution in [1.82, 2.24) is 0 Å². The van der Waals surface area contributed by atoms with E-state index >= 15 is 0 Å². The Kier molecular flexibility index (Phi) is 4.89. The maximum atomic E-state index is 10.6. The van der Waals surface area contributed by atoms with Gasteiger partial charge in [0.15, 0.2) is 0 Å². The third-order valence-corrected chi connectivity index (χ3v) is 3.50. The van der Waals surface area contributed by atoms with Gasteiger partial charge in [-0.2, -0.15) is 0 Å². The average Bonchev–Trinajstić information content (AvgIpc) is 2.20. The number of aryl methyl sites for hydroxylation is 1. The lowest BCUT2D eigenvalue weighted by Gasteiger charge is -2.07. The van der Waals surface area contributed by atoms with Crippen LogP contribution in [0.4, 0.5) is 0 Å². The van der Waals surface area contributed by atoms with E-state index in [9.17, 15) is 4.79 Å². The van der Waals surface area contributed by atoms with E-state index < -0.39 is 0 Å². The maximum Gasteiger partial charge on any atom is 0.150 e. The van der Waals surface area contributed by atoms with Crippen molar-refractivity contribution < 1.29 is 4.79 Å². The second-order valence-corrected chi connectivity index (χ2v) is 5.31. The summed E-state index contributed by atoms with van der Waals surface area (Å²) in [5.41, 5.74) is 1.97. The molecule has 0 saturated heterocycles. The van der Waals surface area contributed by atoms with Crippen LogP contribution in [0.25, 0.3) is 0 Å². The highest BCUT2D eigenvalue weighted by Gasteiger charge is 2.01. The predicted molar refractivity (Wildman–Crippen MR) is 66.7 cm³/mol. The Morgan fingerprint density at radius 2 is 2.13 bits per heavy atom. The number of thioether (sulfide) groups is 1. The zero-order valence-electron chi connectivity index (χ0n) is 9.62. The van der Waals surface area contributed by atoms with Gasteiger partial charge in [-0.1, -0.05) is 19.9 Å². The minimum atomic E-state index is 0.757. The summed E-state index contributed by atoms with van der Waals surface area (Å²) in [7, 11) is 0. The molecule has 0 bridgehead atoms. The highest BCUT2D eigenvalue weighted by atomic mass is 32.2. The first-order chi connectivity index (χ1) is 7.13. The molecule has 0 heterocycles. The van der Waals surface area contributed by atoms with Gasteiger partial charge in [-0.05, 0) is 42.7 Å². The zero-order valence-corrected chi connectivity index (χ0v) is 10.4. The second-order valence-electron chi connectivity index (χ2n) is 4.17. The van der Waals surface area contributed by atoms with E-state index in [1.165, 1.54) is 16.9 Å². The predicted octanol–water partition coefficient (Wildman–Crippen LogP) is 3.95. The monoisotopic (exact) mass is 222 g/mol. The topological polar surface area (TPSA) is 17.1 Å². The molecule has 0 fully saturated rings. The lowest BCUT2D eigenvalue weighted by molar-refractivity contribution is 0.112. The molecule has 0 aliphatic rings. The molecule has 0 aromatic heterocycles. The maximum absolute atomic E-state index is 10.6. The van der Waals surface area contributed by atoms with Crippen LogP contribution in [0.15, 0.2) is 23.1 Å².